The Labute approximate surface area is 179 Å². The highest BCUT2D eigenvalue weighted by molar-refractivity contribution is 6.34. The normalized spacial score (nSPS) is 14.2. The number of benzene rings is 1. The van der Waals surface area contributed by atoms with E-state index in [9.17, 15) is 9.59 Å². The van der Waals surface area contributed by atoms with Crippen molar-refractivity contribution in [2.24, 2.45) is 5.73 Å². The van der Waals surface area contributed by atoms with Crippen molar-refractivity contribution in [2.45, 2.75) is 31.7 Å². The standard InChI is InChI=1S/C21H23ClN6O2/c1-27(2)20(30)17-9-12-11-24-21(26-19(12)28(17)14-5-3-4-6-14)25-13-7-8-15(18(23)29)16(22)10-13/h7-11,14H,3-6H2,1-2H3,(H2,23,29)(H,24,25,26). The van der Waals surface area contributed by atoms with Crippen molar-refractivity contribution in [3.05, 3.63) is 46.7 Å². The lowest BCUT2D eigenvalue weighted by Gasteiger charge is -2.19. The van der Waals surface area contributed by atoms with Crippen LogP contribution in [0.15, 0.2) is 30.5 Å². The van der Waals surface area contributed by atoms with Gasteiger partial charge in [-0.3, -0.25) is 9.59 Å². The molecule has 0 unspecified atom stereocenters. The van der Waals surface area contributed by atoms with Crippen LogP contribution in [0.5, 0.6) is 0 Å². The van der Waals surface area contributed by atoms with Gasteiger partial charge in [-0.25, -0.2) is 4.98 Å². The van der Waals surface area contributed by atoms with E-state index in [-0.39, 0.29) is 22.5 Å². The van der Waals surface area contributed by atoms with E-state index < -0.39 is 5.91 Å². The monoisotopic (exact) mass is 426 g/mol. The Morgan fingerprint density at radius 3 is 2.60 bits per heavy atom. The molecule has 0 atom stereocenters. The Balaban J connectivity index is 1.74. The number of aromatic nitrogens is 3. The highest BCUT2D eigenvalue weighted by atomic mass is 35.5. The van der Waals surface area contributed by atoms with Gasteiger partial charge in [0.15, 0.2) is 0 Å². The molecule has 2 aromatic heterocycles. The third kappa shape index (κ3) is 3.70. The molecule has 4 rings (SSSR count). The van der Waals surface area contributed by atoms with Crippen molar-refractivity contribution in [3.63, 3.8) is 0 Å². The average Bonchev–Trinajstić information content (AvgIpc) is 3.34. The summed E-state index contributed by atoms with van der Waals surface area (Å²) in [6, 6.07) is 6.95. The number of rotatable bonds is 5. The van der Waals surface area contributed by atoms with Gasteiger partial charge >= 0.3 is 0 Å². The summed E-state index contributed by atoms with van der Waals surface area (Å²) in [5.41, 5.74) is 7.54. The Kier molecular flexibility index (Phi) is 5.34. The number of anilines is 2. The van der Waals surface area contributed by atoms with Gasteiger partial charge in [0.05, 0.1) is 10.6 Å². The lowest BCUT2D eigenvalue weighted by Crippen LogP contribution is -2.25. The zero-order valence-electron chi connectivity index (χ0n) is 16.9. The van der Waals surface area contributed by atoms with Crippen LogP contribution in [0.3, 0.4) is 0 Å². The summed E-state index contributed by atoms with van der Waals surface area (Å²) in [5, 5.41) is 4.19. The van der Waals surface area contributed by atoms with Crippen LogP contribution in [-0.2, 0) is 0 Å². The molecule has 0 aliphatic heterocycles. The van der Waals surface area contributed by atoms with E-state index >= 15 is 0 Å². The molecule has 1 aliphatic rings. The van der Waals surface area contributed by atoms with Crippen LogP contribution < -0.4 is 11.1 Å². The molecule has 156 valence electrons. The lowest BCUT2D eigenvalue weighted by molar-refractivity contribution is 0.0815. The lowest BCUT2D eigenvalue weighted by atomic mass is 10.2. The van der Waals surface area contributed by atoms with Crippen LogP contribution in [0.4, 0.5) is 11.6 Å². The van der Waals surface area contributed by atoms with Crippen molar-refractivity contribution >= 4 is 46.1 Å². The Morgan fingerprint density at radius 2 is 1.97 bits per heavy atom. The first-order chi connectivity index (χ1) is 14.3. The van der Waals surface area contributed by atoms with Crippen molar-refractivity contribution in [3.8, 4) is 0 Å². The predicted octanol–water partition coefficient (Wildman–Crippen LogP) is 3.74. The second-order valence-corrected chi connectivity index (χ2v) is 8.10. The number of amides is 2. The Hall–Kier alpha value is -3.13. The van der Waals surface area contributed by atoms with Crippen LogP contribution in [0.1, 0.15) is 52.6 Å². The first-order valence-corrected chi connectivity index (χ1v) is 10.2. The van der Waals surface area contributed by atoms with Crippen molar-refractivity contribution in [1.29, 1.82) is 0 Å². The number of carbonyl (C=O) groups excluding carboxylic acids is 2. The van der Waals surface area contributed by atoms with Crippen molar-refractivity contribution < 1.29 is 9.59 Å². The van der Waals surface area contributed by atoms with Crippen molar-refractivity contribution in [1.82, 2.24) is 19.4 Å². The van der Waals surface area contributed by atoms with Crippen LogP contribution in [0.2, 0.25) is 5.02 Å². The van der Waals surface area contributed by atoms with E-state index in [1.54, 1.807) is 43.4 Å². The molecule has 3 aromatic rings. The number of hydrogen-bond donors (Lipinski definition) is 2. The third-order valence-corrected chi connectivity index (χ3v) is 5.69. The van der Waals surface area contributed by atoms with E-state index in [0.717, 1.165) is 36.7 Å². The highest BCUT2D eigenvalue weighted by Crippen LogP contribution is 2.35. The first-order valence-electron chi connectivity index (χ1n) is 9.81. The van der Waals surface area contributed by atoms with Gasteiger partial charge in [-0.1, -0.05) is 24.4 Å². The number of primary amides is 1. The third-order valence-electron chi connectivity index (χ3n) is 5.38. The second kappa shape index (κ2) is 7.95. The molecular formula is C21H23ClN6O2. The Bertz CT molecular complexity index is 1130. The number of carbonyl (C=O) groups is 2. The van der Waals surface area contributed by atoms with E-state index in [1.807, 2.05) is 6.07 Å². The fourth-order valence-electron chi connectivity index (χ4n) is 3.92. The number of hydrogen-bond acceptors (Lipinski definition) is 5. The van der Waals surface area contributed by atoms with E-state index in [0.29, 0.717) is 17.3 Å². The number of fused-ring (bicyclic) bond motifs is 1. The summed E-state index contributed by atoms with van der Waals surface area (Å²) in [5.74, 6) is -0.258. The Morgan fingerprint density at radius 1 is 1.23 bits per heavy atom. The molecular weight excluding hydrogens is 404 g/mol. The summed E-state index contributed by atoms with van der Waals surface area (Å²) in [4.78, 5) is 34.8. The smallest absolute Gasteiger partial charge is 0.270 e. The molecule has 3 N–H and O–H groups in total. The van der Waals surface area contributed by atoms with Gasteiger partial charge in [-0.05, 0) is 37.1 Å². The van der Waals surface area contributed by atoms with Gasteiger partial charge in [0.1, 0.15) is 11.3 Å². The maximum absolute atomic E-state index is 12.8. The molecule has 9 heteroatoms. The first kappa shape index (κ1) is 20.2. The van der Waals surface area contributed by atoms with Crippen LogP contribution in [0.25, 0.3) is 11.0 Å². The minimum Gasteiger partial charge on any atom is -0.366 e. The molecule has 0 spiro atoms. The fourth-order valence-corrected chi connectivity index (χ4v) is 4.19. The molecule has 0 bridgehead atoms. The minimum absolute atomic E-state index is 0.0526. The molecule has 0 radical (unpaired) electrons. The van der Waals surface area contributed by atoms with Crippen LogP contribution >= 0.6 is 11.6 Å². The molecule has 1 aliphatic carbocycles. The van der Waals surface area contributed by atoms with Gasteiger partial charge in [0.2, 0.25) is 11.9 Å². The molecule has 30 heavy (non-hydrogen) atoms. The van der Waals surface area contributed by atoms with E-state index in [2.05, 4.69) is 14.9 Å². The minimum atomic E-state index is -0.586. The zero-order chi connectivity index (χ0) is 21.4. The van der Waals surface area contributed by atoms with Crippen LogP contribution in [-0.4, -0.2) is 45.3 Å². The molecule has 2 amide bonds. The SMILES string of the molecule is CN(C)C(=O)c1cc2cnc(Nc3ccc(C(N)=O)c(Cl)c3)nc2n1C1CCCC1. The summed E-state index contributed by atoms with van der Waals surface area (Å²) >= 11 is 6.14. The summed E-state index contributed by atoms with van der Waals surface area (Å²) in [6.07, 6.45) is 6.03. The van der Waals surface area contributed by atoms with Gasteiger partial charge in [0, 0.05) is 37.4 Å². The van der Waals surface area contributed by atoms with E-state index in [1.165, 1.54) is 0 Å². The number of halogens is 1. The highest BCUT2D eigenvalue weighted by Gasteiger charge is 2.26. The number of nitrogens with zero attached hydrogens (tertiary/aromatic N) is 4. The van der Waals surface area contributed by atoms with Gasteiger partial charge in [-0.15, -0.1) is 0 Å². The topological polar surface area (TPSA) is 106 Å². The molecule has 1 saturated carbocycles. The van der Waals surface area contributed by atoms with Crippen molar-refractivity contribution in [2.75, 3.05) is 19.4 Å². The summed E-state index contributed by atoms with van der Waals surface area (Å²) in [7, 11) is 3.49. The maximum atomic E-state index is 12.8. The van der Waals surface area contributed by atoms with Gasteiger partial charge < -0.3 is 20.5 Å². The summed E-state index contributed by atoms with van der Waals surface area (Å²) < 4.78 is 2.06. The molecule has 8 nitrogen and oxygen atoms in total. The second-order valence-electron chi connectivity index (χ2n) is 7.69. The molecule has 1 aromatic carbocycles. The molecule has 2 heterocycles. The van der Waals surface area contributed by atoms with E-state index in [4.69, 9.17) is 22.3 Å². The molecule has 1 fully saturated rings. The maximum Gasteiger partial charge on any atom is 0.270 e. The van der Waals surface area contributed by atoms with Gasteiger partial charge in [0.25, 0.3) is 5.91 Å². The largest absolute Gasteiger partial charge is 0.366 e. The quantitative estimate of drug-likeness (QED) is 0.646. The fraction of sp³-hybridized carbons (Fsp3) is 0.333. The predicted molar refractivity (Wildman–Crippen MR) is 116 cm³/mol. The number of nitrogens with one attached hydrogen (secondary N) is 1. The summed E-state index contributed by atoms with van der Waals surface area (Å²) in [6.45, 7) is 0. The zero-order valence-corrected chi connectivity index (χ0v) is 17.6. The number of nitrogens with two attached hydrogens (primary N) is 1. The average molecular weight is 427 g/mol. The molecule has 0 saturated heterocycles. The van der Waals surface area contributed by atoms with Crippen LogP contribution in [0, 0.1) is 0 Å². The van der Waals surface area contributed by atoms with Gasteiger partial charge in [-0.2, -0.15) is 4.98 Å².